The summed E-state index contributed by atoms with van der Waals surface area (Å²) in [7, 11) is 0. The van der Waals surface area contributed by atoms with Gasteiger partial charge in [-0.2, -0.15) is 11.8 Å². The first kappa shape index (κ1) is 13.5. The number of hydrogen-bond donors (Lipinski definition) is 3. The summed E-state index contributed by atoms with van der Waals surface area (Å²) < 4.78 is 0. The number of thioether (sulfide) groups is 1. The molecule has 0 aromatic rings. The lowest BCUT2D eigenvalue weighted by atomic mass is 10.3. The first-order valence-corrected chi connectivity index (χ1v) is 7.37. The van der Waals surface area contributed by atoms with Crippen molar-refractivity contribution < 1.29 is 14.7 Å². The molecular weight excluding hydrogens is 254 g/mol. The topological polar surface area (TPSA) is 81.7 Å². The van der Waals surface area contributed by atoms with E-state index >= 15 is 0 Å². The molecule has 0 aromatic heterocycles. The van der Waals surface area contributed by atoms with Gasteiger partial charge in [0.25, 0.3) is 0 Å². The number of hydrogen-bond acceptors (Lipinski definition) is 4. The molecule has 1 saturated heterocycles. The normalized spacial score (nSPS) is 22.2. The summed E-state index contributed by atoms with van der Waals surface area (Å²) in [6.07, 6.45) is 1.05. The molecule has 3 N–H and O–H groups in total. The first-order chi connectivity index (χ1) is 8.62. The fourth-order valence-corrected chi connectivity index (χ4v) is 2.91. The van der Waals surface area contributed by atoms with Gasteiger partial charge >= 0.3 is 12.0 Å². The average molecular weight is 273 g/mol. The number of nitrogens with one attached hydrogen (secondary N) is 2. The molecule has 7 heteroatoms. The van der Waals surface area contributed by atoms with Crippen LogP contribution in [0.15, 0.2) is 0 Å². The molecule has 0 spiro atoms. The lowest BCUT2D eigenvalue weighted by molar-refractivity contribution is -0.140. The Bertz CT molecular complexity index is 327. The highest BCUT2D eigenvalue weighted by Crippen LogP contribution is 2.35. The minimum absolute atomic E-state index is 0.374. The van der Waals surface area contributed by atoms with Crippen LogP contribution in [0.3, 0.4) is 0 Å². The molecule has 2 aliphatic rings. The summed E-state index contributed by atoms with van der Waals surface area (Å²) in [6, 6.07) is -0.374. The predicted octanol–water partition coefficient (Wildman–Crippen LogP) is -0.0484. The van der Waals surface area contributed by atoms with Gasteiger partial charge in [-0.3, -0.25) is 4.90 Å². The molecule has 1 heterocycles. The minimum Gasteiger partial charge on any atom is -0.480 e. The molecule has 1 saturated carbocycles. The standard InChI is InChI=1S/C11H19N3O3S/c15-9(16)11(1-2-11)13-10(17)12-3-4-14-5-7-18-8-6-14/h1-8H2,(H,15,16)(H2,12,13,17). The number of nitrogens with zero attached hydrogens (tertiary/aromatic N) is 1. The van der Waals surface area contributed by atoms with E-state index in [0.29, 0.717) is 19.4 Å². The molecule has 102 valence electrons. The maximum absolute atomic E-state index is 11.5. The van der Waals surface area contributed by atoms with E-state index < -0.39 is 11.5 Å². The predicted molar refractivity (Wildman–Crippen MR) is 69.9 cm³/mol. The molecule has 18 heavy (non-hydrogen) atoms. The quantitative estimate of drug-likeness (QED) is 0.654. The Morgan fingerprint density at radius 3 is 2.50 bits per heavy atom. The summed E-state index contributed by atoms with van der Waals surface area (Å²) in [6.45, 7) is 3.51. The van der Waals surface area contributed by atoms with Crippen LogP contribution in [0.1, 0.15) is 12.8 Å². The second-order valence-corrected chi connectivity index (χ2v) is 5.95. The molecule has 1 aliphatic heterocycles. The lowest BCUT2D eigenvalue weighted by Crippen LogP contribution is -2.49. The van der Waals surface area contributed by atoms with Crippen molar-refractivity contribution in [1.82, 2.24) is 15.5 Å². The van der Waals surface area contributed by atoms with Gasteiger partial charge < -0.3 is 15.7 Å². The Morgan fingerprint density at radius 2 is 1.94 bits per heavy atom. The fourth-order valence-electron chi connectivity index (χ4n) is 1.93. The van der Waals surface area contributed by atoms with Crippen molar-refractivity contribution in [3.63, 3.8) is 0 Å². The van der Waals surface area contributed by atoms with Gasteiger partial charge in [0.15, 0.2) is 0 Å². The molecule has 0 atom stereocenters. The third-order valence-electron chi connectivity index (χ3n) is 3.33. The molecule has 0 aromatic carbocycles. The van der Waals surface area contributed by atoms with Gasteiger partial charge in [-0.1, -0.05) is 0 Å². The monoisotopic (exact) mass is 273 g/mol. The van der Waals surface area contributed by atoms with E-state index in [4.69, 9.17) is 5.11 Å². The van der Waals surface area contributed by atoms with Crippen molar-refractivity contribution in [3.8, 4) is 0 Å². The van der Waals surface area contributed by atoms with Crippen LogP contribution in [-0.4, -0.2) is 65.2 Å². The van der Waals surface area contributed by atoms with Crippen LogP contribution in [-0.2, 0) is 4.79 Å². The summed E-state index contributed by atoms with van der Waals surface area (Å²) >= 11 is 1.95. The largest absolute Gasteiger partial charge is 0.480 e. The number of urea groups is 1. The number of carbonyl (C=O) groups is 2. The number of rotatable bonds is 5. The Kier molecular flexibility index (Phi) is 4.34. The lowest BCUT2D eigenvalue weighted by Gasteiger charge is -2.26. The van der Waals surface area contributed by atoms with Gasteiger partial charge in [0.2, 0.25) is 0 Å². The van der Waals surface area contributed by atoms with E-state index in [1.807, 2.05) is 11.8 Å². The summed E-state index contributed by atoms with van der Waals surface area (Å²) in [5.41, 5.74) is -0.994. The van der Waals surface area contributed by atoms with Crippen LogP contribution < -0.4 is 10.6 Å². The van der Waals surface area contributed by atoms with Crippen molar-refractivity contribution >= 4 is 23.8 Å². The zero-order valence-electron chi connectivity index (χ0n) is 10.3. The zero-order valence-corrected chi connectivity index (χ0v) is 11.1. The highest BCUT2D eigenvalue weighted by molar-refractivity contribution is 7.99. The third kappa shape index (κ3) is 3.52. The van der Waals surface area contributed by atoms with Crippen molar-refractivity contribution in [2.45, 2.75) is 18.4 Å². The average Bonchev–Trinajstić information content (AvgIpc) is 3.11. The van der Waals surface area contributed by atoms with Crippen LogP contribution >= 0.6 is 11.8 Å². The van der Waals surface area contributed by atoms with E-state index in [-0.39, 0.29) is 6.03 Å². The summed E-state index contributed by atoms with van der Waals surface area (Å²) in [4.78, 5) is 24.7. The van der Waals surface area contributed by atoms with E-state index in [1.165, 1.54) is 0 Å². The van der Waals surface area contributed by atoms with Gasteiger partial charge in [0.05, 0.1) is 0 Å². The van der Waals surface area contributed by atoms with Gasteiger partial charge in [-0.15, -0.1) is 0 Å². The number of carbonyl (C=O) groups excluding carboxylic acids is 1. The number of carboxylic acids is 1. The fraction of sp³-hybridized carbons (Fsp3) is 0.818. The molecule has 0 unspecified atom stereocenters. The Morgan fingerprint density at radius 1 is 1.28 bits per heavy atom. The minimum atomic E-state index is -0.994. The Balaban J connectivity index is 1.61. The number of aliphatic carboxylic acids is 1. The van der Waals surface area contributed by atoms with Crippen LogP contribution in [0.25, 0.3) is 0 Å². The molecule has 0 radical (unpaired) electrons. The molecule has 6 nitrogen and oxygen atoms in total. The Hall–Kier alpha value is -0.950. The van der Waals surface area contributed by atoms with Gasteiger partial charge in [0.1, 0.15) is 5.54 Å². The van der Waals surface area contributed by atoms with E-state index in [0.717, 1.165) is 31.1 Å². The third-order valence-corrected chi connectivity index (χ3v) is 4.27. The molecule has 2 rings (SSSR count). The SMILES string of the molecule is O=C(NCCN1CCSCC1)NC1(C(=O)O)CC1. The van der Waals surface area contributed by atoms with E-state index in [2.05, 4.69) is 15.5 Å². The van der Waals surface area contributed by atoms with Crippen LogP contribution in [0, 0.1) is 0 Å². The second kappa shape index (κ2) is 5.79. The first-order valence-electron chi connectivity index (χ1n) is 6.22. The van der Waals surface area contributed by atoms with Gasteiger partial charge in [-0.05, 0) is 12.8 Å². The highest BCUT2D eigenvalue weighted by atomic mass is 32.2. The smallest absolute Gasteiger partial charge is 0.329 e. The van der Waals surface area contributed by atoms with Gasteiger partial charge in [-0.25, -0.2) is 9.59 Å². The Labute approximate surface area is 110 Å². The maximum Gasteiger partial charge on any atom is 0.329 e. The molecule has 2 amide bonds. The molecule has 0 bridgehead atoms. The number of carboxylic acid groups (broad SMARTS) is 1. The van der Waals surface area contributed by atoms with E-state index in [9.17, 15) is 9.59 Å². The van der Waals surface area contributed by atoms with Crippen LogP contribution in [0.4, 0.5) is 4.79 Å². The molecular formula is C11H19N3O3S. The van der Waals surface area contributed by atoms with Crippen LogP contribution in [0.2, 0.25) is 0 Å². The summed E-state index contributed by atoms with van der Waals surface area (Å²) in [5.74, 6) is 1.36. The number of amides is 2. The van der Waals surface area contributed by atoms with Crippen molar-refractivity contribution in [1.29, 1.82) is 0 Å². The van der Waals surface area contributed by atoms with E-state index in [1.54, 1.807) is 0 Å². The zero-order chi connectivity index (χ0) is 13.0. The molecule has 2 fully saturated rings. The second-order valence-electron chi connectivity index (χ2n) is 4.72. The molecule has 1 aliphatic carbocycles. The highest BCUT2D eigenvalue weighted by Gasteiger charge is 2.51. The van der Waals surface area contributed by atoms with Gasteiger partial charge in [0, 0.05) is 37.7 Å². The van der Waals surface area contributed by atoms with Crippen molar-refractivity contribution in [3.05, 3.63) is 0 Å². The van der Waals surface area contributed by atoms with Crippen molar-refractivity contribution in [2.24, 2.45) is 0 Å². The van der Waals surface area contributed by atoms with Crippen molar-refractivity contribution in [2.75, 3.05) is 37.7 Å². The summed E-state index contributed by atoms with van der Waals surface area (Å²) in [5, 5.41) is 14.2. The van der Waals surface area contributed by atoms with Crippen LogP contribution in [0.5, 0.6) is 0 Å². The maximum atomic E-state index is 11.5.